The molecule has 0 spiro atoms. The van der Waals surface area contributed by atoms with E-state index < -0.39 is 5.91 Å². The van der Waals surface area contributed by atoms with Gasteiger partial charge in [-0.2, -0.15) is 10.2 Å². The molecule has 24 heavy (non-hydrogen) atoms. The van der Waals surface area contributed by atoms with Crippen LogP contribution in [-0.4, -0.2) is 22.3 Å². The summed E-state index contributed by atoms with van der Waals surface area (Å²) in [6.45, 7) is 0. The molecule has 0 radical (unpaired) electrons. The lowest BCUT2D eigenvalue weighted by Gasteiger charge is -2.00. The molecule has 7 heteroatoms. The van der Waals surface area contributed by atoms with Crippen LogP contribution in [0, 0.1) is 0 Å². The first kappa shape index (κ1) is 16.2. The number of hydrogen-bond acceptors (Lipinski definition) is 3. The number of H-pyrrole nitrogens is 1. The Bertz CT molecular complexity index is 870. The second-order valence-corrected chi connectivity index (χ2v) is 5.68. The van der Waals surface area contributed by atoms with Crippen molar-refractivity contribution in [3.05, 3.63) is 75.9 Å². The van der Waals surface area contributed by atoms with Gasteiger partial charge in [0.05, 0.1) is 22.0 Å². The lowest BCUT2D eigenvalue weighted by atomic mass is 10.1. The quantitative estimate of drug-likeness (QED) is 0.543. The first-order valence-electron chi connectivity index (χ1n) is 7.03. The Hall–Kier alpha value is -2.63. The predicted molar refractivity (Wildman–Crippen MR) is 95.5 cm³/mol. The zero-order chi connectivity index (χ0) is 16.9. The van der Waals surface area contributed by atoms with Gasteiger partial charge in [-0.15, -0.1) is 0 Å². The van der Waals surface area contributed by atoms with E-state index in [-0.39, 0.29) is 0 Å². The van der Waals surface area contributed by atoms with Gasteiger partial charge in [0, 0.05) is 11.1 Å². The van der Waals surface area contributed by atoms with E-state index in [4.69, 9.17) is 23.2 Å². The summed E-state index contributed by atoms with van der Waals surface area (Å²) in [5.74, 6) is -0.413. The minimum Gasteiger partial charge on any atom is -0.272 e. The van der Waals surface area contributed by atoms with E-state index in [2.05, 4.69) is 20.7 Å². The molecule has 0 aliphatic rings. The van der Waals surface area contributed by atoms with Crippen molar-refractivity contribution in [2.75, 3.05) is 0 Å². The molecule has 1 amide bonds. The molecule has 0 atom stereocenters. The Morgan fingerprint density at radius 3 is 2.50 bits per heavy atom. The lowest BCUT2D eigenvalue weighted by molar-refractivity contribution is 0.0950. The first-order chi connectivity index (χ1) is 11.6. The number of hydrogen-bond donors (Lipinski definition) is 2. The van der Waals surface area contributed by atoms with Crippen molar-refractivity contribution in [2.24, 2.45) is 5.10 Å². The van der Waals surface area contributed by atoms with Gasteiger partial charge in [0.2, 0.25) is 0 Å². The van der Waals surface area contributed by atoms with Crippen LogP contribution in [0.25, 0.3) is 11.3 Å². The van der Waals surface area contributed by atoms with Gasteiger partial charge in [0.1, 0.15) is 5.69 Å². The molecule has 1 aromatic heterocycles. The monoisotopic (exact) mass is 358 g/mol. The van der Waals surface area contributed by atoms with E-state index in [9.17, 15) is 4.79 Å². The number of aromatic nitrogens is 2. The Kier molecular flexibility index (Phi) is 4.93. The van der Waals surface area contributed by atoms with E-state index in [1.165, 1.54) is 6.21 Å². The number of carbonyl (C=O) groups excluding carboxylic acids is 1. The fourth-order valence-electron chi connectivity index (χ4n) is 2.04. The van der Waals surface area contributed by atoms with Crippen molar-refractivity contribution >= 4 is 35.3 Å². The number of halogens is 2. The number of nitrogens with one attached hydrogen (secondary N) is 2. The highest BCUT2D eigenvalue weighted by Gasteiger charge is 2.10. The number of nitrogens with zero attached hydrogens (tertiary/aromatic N) is 2. The molecule has 120 valence electrons. The van der Waals surface area contributed by atoms with E-state index in [1.807, 2.05) is 30.3 Å². The third-order valence-corrected chi connectivity index (χ3v) is 3.91. The Balaban J connectivity index is 1.70. The largest absolute Gasteiger partial charge is 0.289 e. The molecule has 3 rings (SSSR count). The summed E-state index contributed by atoms with van der Waals surface area (Å²) < 4.78 is 0. The normalized spacial score (nSPS) is 10.9. The standard InChI is InChI=1S/C17H12Cl2N4O/c18-13-7-4-8-14(19)12(13)10-20-23-17(24)16-9-15(21-22-16)11-5-2-1-3-6-11/h1-10H,(H,21,22)(H,23,24)/b20-10+. The number of rotatable bonds is 4. The molecule has 3 aromatic rings. The van der Waals surface area contributed by atoms with Gasteiger partial charge in [-0.25, -0.2) is 5.43 Å². The molecule has 0 aliphatic heterocycles. The summed E-state index contributed by atoms with van der Waals surface area (Å²) >= 11 is 12.1. The molecule has 1 heterocycles. The molecular formula is C17H12Cl2N4O. The Morgan fingerprint density at radius 2 is 1.79 bits per heavy atom. The fourth-order valence-corrected chi connectivity index (χ4v) is 2.54. The van der Waals surface area contributed by atoms with Crippen LogP contribution in [0.5, 0.6) is 0 Å². The number of amides is 1. The van der Waals surface area contributed by atoms with Crippen molar-refractivity contribution in [2.45, 2.75) is 0 Å². The van der Waals surface area contributed by atoms with E-state index >= 15 is 0 Å². The summed E-state index contributed by atoms with van der Waals surface area (Å²) in [6.07, 6.45) is 1.40. The van der Waals surface area contributed by atoms with Crippen molar-refractivity contribution in [1.82, 2.24) is 15.6 Å². The zero-order valence-corrected chi connectivity index (χ0v) is 13.8. The molecule has 0 saturated heterocycles. The minimum absolute atomic E-state index is 0.302. The summed E-state index contributed by atoms with van der Waals surface area (Å²) in [6, 6.07) is 16.3. The highest BCUT2D eigenvalue weighted by atomic mass is 35.5. The third kappa shape index (κ3) is 3.64. The highest BCUT2D eigenvalue weighted by molar-refractivity contribution is 6.38. The molecule has 0 aliphatic carbocycles. The van der Waals surface area contributed by atoms with Crippen LogP contribution < -0.4 is 5.43 Å². The molecule has 0 unspecified atom stereocenters. The van der Waals surface area contributed by atoms with Gasteiger partial charge in [0.25, 0.3) is 5.91 Å². The second-order valence-electron chi connectivity index (χ2n) is 4.87. The molecule has 0 saturated carbocycles. The molecular weight excluding hydrogens is 347 g/mol. The zero-order valence-electron chi connectivity index (χ0n) is 12.3. The van der Waals surface area contributed by atoms with E-state index in [0.717, 1.165) is 5.56 Å². The van der Waals surface area contributed by atoms with Crippen LogP contribution in [0.2, 0.25) is 10.0 Å². The SMILES string of the molecule is O=C(N/N=C/c1c(Cl)cccc1Cl)c1cc(-c2ccccc2)n[nH]1. The van der Waals surface area contributed by atoms with Crippen LogP contribution in [0.1, 0.15) is 16.1 Å². The van der Waals surface area contributed by atoms with Crippen molar-refractivity contribution in [1.29, 1.82) is 0 Å². The minimum atomic E-state index is -0.413. The first-order valence-corrected chi connectivity index (χ1v) is 7.79. The molecule has 2 N–H and O–H groups in total. The van der Waals surface area contributed by atoms with Gasteiger partial charge < -0.3 is 0 Å². The maximum absolute atomic E-state index is 12.1. The van der Waals surface area contributed by atoms with Gasteiger partial charge in [0.15, 0.2) is 0 Å². The lowest BCUT2D eigenvalue weighted by Crippen LogP contribution is -2.18. The van der Waals surface area contributed by atoms with Gasteiger partial charge in [-0.1, -0.05) is 59.6 Å². The van der Waals surface area contributed by atoms with Crippen LogP contribution in [0.15, 0.2) is 59.7 Å². The maximum atomic E-state index is 12.1. The smallest absolute Gasteiger partial charge is 0.272 e. The van der Waals surface area contributed by atoms with E-state index in [0.29, 0.717) is 27.0 Å². The Morgan fingerprint density at radius 1 is 1.08 bits per heavy atom. The van der Waals surface area contributed by atoms with Gasteiger partial charge in [-0.3, -0.25) is 9.89 Å². The van der Waals surface area contributed by atoms with Crippen molar-refractivity contribution in [3.8, 4) is 11.3 Å². The average Bonchev–Trinajstić information content (AvgIpc) is 3.08. The van der Waals surface area contributed by atoms with Gasteiger partial charge in [-0.05, 0) is 18.2 Å². The van der Waals surface area contributed by atoms with E-state index in [1.54, 1.807) is 24.3 Å². The number of hydrazone groups is 1. The van der Waals surface area contributed by atoms with Crippen molar-refractivity contribution in [3.63, 3.8) is 0 Å². The van der Waals surface area contributed by atoms with Gasteiger partial charge >= 0.3 is 0 Å². The van der Waals surface area contributed by atoms with Crippen LogP contribution in [0.3, 0.4) is 0 Å². The van der Waals surface area contributed by atoms with Crippen molar-refractivity contribution < 1.29 is 4.79 Å². The van der Waals surface area contributed by atoms with Crippen LogP contribution in [-0.2, 0) is 0 Å². The number of aromatic amines is 1. The summed E-state index contributed by atoms with van der Waals surface area (Å²) in [5.41, 5.74) is 4.84. The average molecular weight is 359 g/mol. The Labute approximate surface area is 148 Å². The highest BCUT2D eigenvalue weighted by Crippen LogP contribution is 2.22. The summed E-state index contributed by atoms with van der Waals surface area (Å²) in [7, 11) is 0. The summed E-state index contributed by atoms with van der Waals surface area (Å²) in [4.78, 5) is 12.1. The predicted octanol–water partition coefficient (Wildman–Crippen LogP) is 4.15. The molecule has 5 nitrogen and oxygen atoms in total. The maximum Gasteiger partial charge on any atom is 0.289 e. The molecule has 0 fully saturated rings. The summed E-state index contributed by atoms with van der Waals surface area (Å²) in [5, 5.41) is 11.6. The molecule has 2 aromatic carbocycles. The fraction of sp³-hybridized carbons (Fsp3) is 0. The van der Waals surface area contributed by atoms with Crippen LogP contribution in [0.4, 0.5) is 0 Å². The second kappa shape index (κ2) is 7.29. The third-order valence-electron chi connectivity index (χ3n) is 3.25. The number of benzene rings is 2. The molecule has 0 bridgehead atoms. The topological polar surface area (TPSA) is 70.1 Å². The van der Waals surface area contributed by atoms with Crippen LogP contribution >= 0.6 is 23.2 Å². The number of carbonyl (C=O) groups is 1.